The second-order valence-corrected chi connectivity index (χ2v) is 8.34. The Hall–Kier alpha value is -2.63. The van der Waals surface area contributed by atoms with E-state index in [1.54, 1.807) is 0 Å². The van der Waals surface area contributed by atoms with Crippen molar-refractivity contribution in [1.29, 1.82) is 0 Å². The van der Waals surface area contributed by atoms with Gasteiger partial charge in [0.25, 0.3) is 5.91 Å². The molecule has 0 aliphatic carbocycles. The summed E-state index contributed by atoms with van der Waals surface area (Å²) in [5.41, 5.74) is 3.48. The molecule has 1 N–H and O–H groups in total. The molecule has 0 radical (unpaired) electrons. The zero-order valence-corrected chi connectivity index (χ0v) is 17.2. The molecule has 2 aromatic rings. The first-order valence-corrected chi connectivity index (χ1v) is 10.8. The molecule has 1 aromatic carbocycles. The number of hydrogen-bond acceptors (Lipinski definition) is 3. The molecule has 2 aliphatic rings. The van der Waals surface area contributed by atoms with Crippen molar-refractivity contribution in [2.75, 3.05) is 26.2 Å². The number of nitrogens with one attached hydrogen (secondary N) is 1. The van der Waals surface area contributed by atoms with Gasteiger partial charge in [-0.3, -0.25) is 14.7 Å². The minimum atomic E-state index is -0.0310. The highest BCUT2D eigenvalue weighted by atomic mass is 16.2. The number of amides is 2. The van der Waals surface area contributed by atoms with Crippen LogP contribution in [-0.2, 0) is 4.79 Å². The van der Waals surface area contributed by atoms with Gasteiger partial charge in [0.2, 0.25) is 5.91 Å². The number of likely N-dealkylation sites (tertiary alicyclic amines) is 2. The topological polar surface area (TPSA) is 69.3 Å². The van der Waals surface area contributed by atoms with E-state index < -0.39 is 0 Å². The fourth-order valence-corrected chi connectivity index (χ4v) is 4.35. The van der Waals surface area contributed by atoms with E-state index in [1.165, 1.54) is 18.4 Å². The summed E-state index contributed by atoms with van der Waals surface area (Å²) in [4.78, 5) is 29.6. The van der Waals surface area contributed by atoms with E-state index in [0.717, 1.165) is 50.0 Å². The maximum atomic E-state index is 12.9. The van der Waals surface area contributed by atoms with E-state index in [1.807, 2.05) is 42.2 Å². The van der Waals surface area contributed by atoms with E-state index in [-0.39, 0.29) is 11.8 Å². The van der Waals surface area contributed by atoms with Gasteiger partial charge in [0.15, 0.2) is 0 Å². The lowest BCUT2D eigenvalue weighted by atomic mass is 9.95. The summed E-state index contributed by atoms with van der Waals surface area (Å²) < 4.78 is 0. The summed E-state index contributed by atoms with van der Waals surface area (Å²) in [7, 11) is 0. The summed E-state index contributed by atoms with van der Waals surface area (Å²) in [6, 6.07) is 9.93. The van der Waals surface area contributed by atoms with E-state index in [4.69, 9.17) is 0 Å². The Morgan fingerprint density at radius 2 is 1.59 bits per heavy atom. The van der Waals surface area contributed by atoms with Gasteiger partial charge in [0.05, 0.1) is 5.69 Å². The minimum Gasteiger partial charge on any atom is -0.342 e. The highest BCUT2D eigenvalue weighted by Crippen LogP contribution is 2.24. The second-order valence-electron chi connectivity index (χ2n) is 8.34. The summed E-state index contributed by atoms with van der Waals surface area (Å²) in [6.45, 7) is 5.09. The maximum Gasteiger partial charge on any atom is 0.271 e. The third-order valence-electron chi connectivity index (χ3n) is 6.20. The molecule has 2 aliphatic heterocycles. The molecule has 0 atom stereocenters. The van der Waals surface area contributed by atoms with Crippen molar-refractivity contribution in [3.8, 4) is 11.3 Å². The molecule has 2 fully saturated rings. The molecule has 6 nitrogen and oxygen atoms in total. The van der Waals surface area contributed by atoms with Crippen molar-refractivity contribution in [2.24, 2.45) is 5.92 Å². The Balaban J connectivity index is 1.34. The van der Waals surface area contributed by atoms with Crippen molar-refractivity contribution in [3.63, 3.8) is 0 Å². The average molecular weight is 395 g/mol. The molecule has 0 bridgehead atoms. The van der Waals surface area contributed by atoms with E-state index in [2.05, 4.69) is 15.1 Å². The highest BCUT2D eigenvalue weighted by Gasteiger charge is 2.31. The summed E-state index contributed by atoms with van der Waals surface area (Å²) in [5, 5.41) is 7.20. The Labute approximate surface area is 172 Å². The number of hydrogen-bond donors (Lipinski definition) is 1. The van der Waals surface area contributed by atoms with Crippen LogP contribution in [0.5, 0.6) is 0 Å². The number of aromatic nitrogens is 2. The van der Waals surface area contributed by atoms with Crippen molar-refractivity contribution < 1.29 is 9.59 Å². The molecular weight excluding hydrogens is 364 g/mol. The predicted octanol–water partition coefficient (Wildman–Crippen LogP) is 3.64. The number of rotatable bonds is 3. The molecule has 0 spiro atoms. The largest absolute Gasteiger partial charge is 0.342 e. The molecule has 1 aromatic heterocycles. The SMILES string of the molecule is Cc1ccc(-c2cc(C(=O)N3CCC(C(=O)N4CCCCCC4)CC3)[nH]n2)cc1. The number of carbonyl (C=O) groups is 2. The lowest BCUT2D eigenvalue weighted by Gasteiger charge is -2.33. The molecule has 3 heterocycles. The Bertz CT molecular complexity index is 842. The van der Waals surface area contributed by atoms with Crippen molar-refractivity contribution in [3.05, 3.63) is 41.6 Å². The van der Waals surface area contributed by atoms with Crippen LogP contribution in [-0.4, -0.2) is 58.0 Å². The first-order valence-electron chi connectivity index (χ1n) is 10.8. The molecule has 154 valence electrons. The molecule has 0 unspecified atom stereocenters. The normalized spacial score (nSPS) is 18.5. The standard InChI is InChI=1S/C23H30N4O2/c1-17-6-8-18(9-7-17)20-16-21(25-24-20)23(29)27-14-10-19(11-15-27)22(28)26-12-4-2-3-5-13-26/h6-9,16,19H,2-5,10-15H2,1H3,(H,24,25). The third kappa shape index (κ3) is 4.52. The van der Waals surface area contributed by atoms with Gasteiger partial charge in [-0.25, -0.2) is 0 Å². The van der Waals surface area contributed by atoms with Crippen LogP contribution in [0.1, 0.15) is 54.6 Å². The van der Waals surface area contributed by atoms with Gasteiger partial charge in [0, 0.05) is 37.7 Å². The summed E-state index contributed by atoms with van der Waals surface area (Å²) in [5.74, 6) is 0.320. The molecule has 29 heavy (non-hydrogen) atoms. The van der Waals surface area contributed by atoms with Crippen LogP contribution in [0.2, 0.25) is 0 Å². The van der Waals surface area contributed by atoms with Gasteiger partial charge < -0.3 is 9.80 Å². The Morgan fingerprint density at radius 3 is 2.24 bits per heavy atom. The van der Waals surface area contributed by atoms with Crippen LogP contribution in [0.25, 0.3) is 11.3 Å². The van der Waals surface area contributed by atoms with Gasteiger partial charge in [-0.2, -0.15) is 5.10 Å². The number of aryl methyl sites for hydroxylation is 1. The van der Waals surface area contributed by atoms with Crippen LogP contribution in [0.15, 0.2) is 30.3 Å². The lowest BCUT2D eigenvalue weighted by Crippen LogP contribution is -2.44. The Morgan fingerprint density at radius 1 is 0.931 bits per heavy atom. The molecule has 2 saturated heterocycles. The van der Waals surface area contributed by atoms with E-state index in [0.29, 0.717) is 24.7 Å². The fraction of sp³-hybridized carbons (Fsp3) is 0.522. The number of carbonyl (C=O) groups excluding carboxylic acids is 2. The summed E-state index contributed by atoms with van der Waals surface area (Å²) in [6.07, 6.45) is 6.19. The van der Waals surface area contributed by atoms with Crippen LogP contribution < -0.4 is 0 Å². The zero-order chi connectivity index (χ0) is 20.2. The van der Waals surface area contributed by atoms with Crippen molar-refractivity contribution in [1.82, 2.24) is 20.0 Å². The zero-order valence-electron chi connectivity index (χ0n) is 17.2. The molecular formula is C23H30N4O2. The van der Waals surface area contributed by atoms with Gasteiger partial charge in [0.1, 0.15) is 5.69 Å². The quantitative estimate of drug-likeness (QED) is 0.864. The number of piperidine rings is 1. The summed E-state index contributed by atoms with van der Waals surface area (Å²) >= 11 is 0. The van der Waals surface area contributed by atoms with Gasteiger partial charge in [-0.1, -0.05) is 42.7 Å². The third-order valence-corrected chi connectivity index (χ3v) is 6.20. The van der Waals surface area contributed by atoms with Gasteiger partial charge in [-0.15, -0.1) is 0 Å². The number of H-pyrrole nitrogens is 1. The fourth-order valence-electron chi connectivity index (χ4n) is 4.35. The number of benzene rings is 1. The van der Waals surface area contributed by atoms with Crippen LogP contribution in [0.3, 0.4) is 0 Å². The van der Waals surface area contributed by atoms with E-state index in [9.17, 15) is 9.59 Å². The van der Waals surface area contributed by atoms with Gasteiger partial charge in [-0.05, 0) is 38.7 Å². The van der Waals surface area contributed by atoms with Crippen LogP contribution in [0, 0.1) is 12.8 Å². The molecule has 2 amide bonds. The monoisotopic (exact) mass is 394 g/mol. The van der Waals surface area contributed by atoms with Gasteiger partial charge >= 0.3 is 0 Å². The lowest BCUT2D eigenvalue weighted by molar-refractivity contribution is -0.136. The van der Waals surface area contributed by atoms with E-state index >= 15 is 0 Å². The van der Waals surface area contributed by atoms with Crippen molar-refractivity contribution >= 4 is 11.8 Å². The molecule has 6 heteroatoms. The minimum absolute atomic E-state index is 0.0310. The average Bonchev–Trinajstić information content (AvgIpc) is 3.08. The first kappa shape index (κ1) is 19.7. The second kappa shape index (κ2) is 8.80. The van der Waals surface area contributed by atoms with Crippen molar-refractivity contribution in [2.45, 2.75) is 45.4 Å². The molecule has 4 rings (SSSR count). The maximum absolute atomic E-state index is 12.9. The van der Waals surface area contributed by atoms with Crippen LogP contribution in [0.4, 0.5) is 0 Å². The smallest absolute Gasteiger partial charge is 0.271 e. The number of nitrogens with zero attached hydrogens (tertiary/aromatic N) is 3. The predicted molar refractivity (Wildman–Crippen MR) is 112 cm³/mol. The number of aromatic amines is 1. The highest BCUT2D eigenvalue weighted by molar-refractivity contribution is 5.93. The Kier molecular flexibility index (Phi) is 5.97. The van der Waals surface area contributed by atoms with Crippen LogP contribution >= 0.6 is 0 Å². The molecule has 0 saturated carbocycles. The first-order chi connectivity index (χ1) is 14.1.